The van der Waals surface area contributed by atoms with Crippen LogP contribution in [0.2, 0.25) is 0 Å². The van der Waals surface area contributed by atoms with Gasteiger partial charge in [0.05, 0.1) is 11.3 Å². The van der Waals surface area contributed by atoms with E-state index in [-0.39, 0.29) is 42.3 Å². The molecule has 2 aliphatic carbocycles. The van der Waals surface area contributed by atoms with E-state index >= 15 is 0 Å². The summed E-state index contributed by atoms with van der Waals surface area (Å²) in [7, 11) is 3.61. The van der Waals surface area contributed by atoms with Crippen LogP contribution in [0.3, 0.4) is 0 Å². The lowest BCUT2D eigenvalue weighted by molar-refractivity contribution is -0.152. The van der Waals surface area contributed by atoms with Crippen molar-refractivity contribution in [1.82, 2.24) is 10.2 Å². The molecule has 1 aromatic carbocycles. The zero-order chi connectivity index (χ0) is 24.6. The molecule has 34 heavy (non-hydrogen) atoms. The van der Waals surface area contributed by atoms with Crippen molar-refractivity contribution >= 4 is 17.8 Å². The molecule has 1 unspecified atom stereocenters. The van der Waals surface area contributed by atoms with Crippen LogP contribution in [0.4, 0.5) is 0 Å². The fraction of sp³-hybridized carbons (Fsp3) is 0.679. The molecule has 188 valence electrons. The molecule has 0 aromatic heterocycles. The van der Waals surface area contributed by atoms with Gasteiger partial charge in [-0.2, -0.15) is 0 Å². The molecule has 1 aromatic rings. The summed E-state index contributed by atoms with van der Waals surface area (Å²) in [6, 6.07) is 9.85. The number of nitrogens with one attached hydrogen (secondary N) is 1. The van der Waals surface area contributed by atoms with Crippen LogP contribution >= 0.6 is 0 Å². The molecule has 0 aliphatic heterocycles. The van der Waals surface area contributed by atoms with Crippen molar-refractivity contribution in [2.75, 3.05) is 14.1 Å². The first-order chi connectivity index (χ1) is 16.3. The van der Waals surface area contributed by atoms with Gasteiger partial charge in [-0.05, 0) is 56.9 Å². The Hall–Kier alpha value is -2.37. The van der Waals surface area contributed by atoms with E-state index in [1.54, 1.807) is 19.0 Å². The Morgan fingerprint density at radius 1 is 1.06 bits per heavy atom. The molecule has 0 radical (unpaired) electrons. The Balaban J connectivity index is 1.59. The van der Waals surface area contributed by atoms with E-state index in [1.807, 2.05) is 30.3 Å². The van der Waals surface area contributed by atoms with E-state index in [9.17, 15) is 14.4 Å². The van der Waals surface area contributed by atoms with E-state index in [2.05, 4.69) is 12.2 Å². The summed E-state index contributed by atoms with van der Waals surface area (Å²) >= 11 is 0. The van der Waals surface area contributed by atoms with Gasteiger partial charge in [0.25, 0.3) is 0 Å². The van der Waals surface area contributed by atoms with Crippen molar-refractivity contribution in [2.24, 2.45) is 17.3 Å². The highest BCUT2D eigenvalue weighted by Crippen LogP contribution is 2.45. The number of hydrogen-bond donors (Lipinski definition) is 1. The molecule has 0 spiro atoms. The van der Waals surface area contributed by atoms with Crippen molar-refractivity contribution in [2.45, 2.75) is 90.2 Å². The molecule has 2 aliphatic rings. The van der Waals surface area contributed by atoms with Crippen LogP contribution in [-0.4, -0.2) is 42.8 Å². The maximum atomic E-state index is 13.6. The molecule has 6 nitrogen and oxygen atoms in total. The average Bonchev–Trinajstić information content (AvgIpc) is 3.33. The second kappa shape index (κ2) is 12.4. The molecule has 2 saturated carbocycles. The molecular formula is C28H42N2O4. The third-order valence-corrected chi connectivity index (χ3v) is 7.73. The topological polar surface area (TPSA) is 75.7 Å². The zero-order valence-corrected chi connectivity index (χ0v) is 21.2. The summed E-state index contributed by atoms with van der Waals surface area (Å²) in [6.07, 6.45) is 9.21. The standard InChI is InChI=1S/C28H42N2O4/c1-4-10-23(26(32)34-20-21-11-6-5-7-12-21)19-28(17-8-9-18-28)27(33)29-24-15-13-22(14-16-24)25(31)30(2)3/h5-7,11-12,22-24H,4,8-10,13-20H2,1-3H3,(H,29,33). The summed E-state index contributed by atoms with van der Waals surface area (Å²) in [5.41, 5.74) is 0.491. The van der Waals surface area contributed by atoms with E-state index in [4.69, 9.17) is 4.74 Å². The summed E-state index contributed by atoms with van der Waals surface area (Å²) in [4.78, 5) is 40.5. The summed E-state index contributed by atoms with van der Waals surface area (Å²) < 4.78 is 5.67. The van der Waals surface area contributed by atoms with E-state index in [0.717, 1.165) is 69.8 Å². The largest absolute Gasteiger partial charge is 0.461 e. The average molecular weight is 471 g/mol. The first kappa shape index (κ1) is 26.2. The number of amides is 2. The Labute approximate surface area is 204 Å². The molecule has 1 atom stereocenters. The minimum absolute atomic E-state index is 0.0666. The van der Waals surface area contributed by atoms with Gasteiger partial charge >= 0.3 is 5.97 Å². The zero-order valence-electron chi connectivity index (χ0n) is 21.2. The van der Waals surface area contributed by atoms with Gasteiger partial charge in [-0.3, -0.25) is 14.4 Å². The van der Waals surface area contributed by atoms with Crippen LogP contribution in [0.15, 0.2) is 30.3 Å². The van der Waals surface area contributed by atoms with Crippen LogP contribution in [0.25, 0.3) is 0 Å². The Kier molecular flexibility index (Phi) is 9.54. The summed E-state index contributed by atoms with van der Waals surface area (Å²) in [5.74, 6) is -0.0896. The summed E-state index contributed by atoms with van der Waals surface area (Å²) in [6.45, 7) is 2.35. The van der Waals surface area contributed by atoms with Crippen molar-refractivity contribution in [1.29, 1.82) is 0 Å². The lowest BCUT2D eigenvalue weighted by Crippen LogP contribution is -2.47. The molecule has 3 rings (SSSR count). The van der Waals surface area contributed by atoms with E-state index < -0.39 is 5.41 Å². The van der Waals surface area contributed by atoms with Gasteiger partial charge in [0.2, 0.25) is 11.8 Å². The monoisotopic (exact) mass is 470 g/mol. The van der Waals surface area contributed by atoms with Gasteiger partial charge in [-0.15, -0.1) is 0 Å². The van der Waals surface area contributed by atoms with Crippen molar-refractivity contribution in [3.63, 3.8) is 0 Å². The Bertz CT molecular complexity index is 809. The summed E-state index contributed by atoms with van der Waals surface area (Å²) in [5, 5.41) is 3.32. The predicted molar refractivity (Wildman–Crippen MR) is 133 cm³/mol. The fourth-order valence-electron chi connectivity index (χ4n) is 5.73. The van der Waals surface area contributed by atoms with Gasteiger partial charge < -0.3 is 15.0 Å². The quantitative estimate of drug-likeness (QED) is 0.496. The Morgan fingerprint density at radius 2 is 1.71 bits per heavy atom. The van der Waals surface area contributed by atoms with E-state index in [0.29, 0.717) is 6.42 Å². The third-order valence-electron chi connectivity index (χ3n) is 7.73. The highest BCUT2D eigenvalue weighted by atomic mass is 16.5. The molecule has 1 N–H and O–H groups in total. The predicted octanol–water partition coefficient (Wildman–Crippen LogP) is 4.86. The maximum absolute atomic E-state index is 13.6. The van der Waals surface area contributed by atoms with Crippen molar-refractivity contribution in [3.05, 3.63) is 35.9 Å². The molecular weight excluding hydrogens is 428 g/mol. The Morgan fingerprint density at radius 3 is 2.29 bits per heavy atom. The number of ether oxygens (including phenoxy) is 1. The van der Waals surface area contributed by atoms with Crippen molar-refractivity contribution in [3.8, 4) is 0 Å². The maximum Gasteiger partial charge on any atom is 0.309 e. The first-order valence-corrected chi connectivity index (χ1v) is 13.1. The van der Waals surface area contributed by atoms with Gasteiger partial charge in [-0.25, -0.2) is 0 Å². The number of esters is 1. The second-order valence-corrected chi connectivity index (χ2v) is 10.5. The van der Waals surface area contributed by atoms with Crippen LogP contribution in [0.1, 0.15) is 83.1 Å². The molecule has 2 fully saturated rings. The lowest BCUT2D eigenvalue weighted by Gasteiger charge is -2.35. The molecule has 6 heteroatoms. The molecule has 0 bridgehead atoms. The SMILES string of the molecule is CCCC(CC1(C(=O)NC2CCC(C(=O)N(C)C)CC2)CCCC1)C(=O)OCc1ccccc1. The number of carbonyl (C=O) groups excluding carboxylic acids is 3. The van der Waals surface area contributed by atoms with Crippen LogP contribution in [0.5, 0.6) is 0 Å². The lowest BCUT2D eigenvalue weighted by atomic mass is 9.75. The van der Waals surface area contributed by atoms with Gasteiger partial charge in [0.15, 0.2) is 0 Å². The molecule has 0 heterocycles. The number of rotatable bonds is 10. The van der Waals surface area contributed by atoms with Crippen LogP contribution < -0.4 is 5.32 Å². The van der Waals surface area contributed by atoms with Crippen LogP contribution in [-0.2, 0) is 25.7 Å². The molecule has 2 amide bonds. The second-order valence-electron chi connectivity index (χ2n) is 10.5. The van der Waals surface area contributed by atoms with Crippen molar-refractivity contribution < 1.29 is 19.1 Å². The smallest absolute Gasteiger partial charge is 0.309 e. The van der Waals surface area contributed by atoms with Gasteiger partial charge in [0, 0.05) is 26.1 Å². The normalized spacial score (nSPS) is 22.6. The number of hydrogen-bond acceptors (Lipinski definition) is 4. The molecule has 0 saturated heterocycles. The first-order valence-electron chi connectivity index (χ1n) is 13.1. The highest BCUT2D eigenvalue weighted by molar-refractivity contribution is 5.84. The van der Waals surface area contributed by atoms with Crippen LogP contribution in [0, 0.1) is 17.3 Å². The minimum Gasteiger partial charge on any atom is -0.461 e. The third kappa shape index (κ3) is 6.83. The highest BCUT2D eigenvalue weighted by Gasteiger charge is 2.45. The van der Waals surface area contributed by atoms with Gasteiger partial charge in [-0.1, -0.05) is 56.5 Å². The number of benzene rings is 1. The van der Waals surface area contributed by atoms with E-state index in [1.165, 1.54) is 0 Å². The minimum atomic E-state index is -0.484. The number of nitrogens with zero attached hydrogens (tertiary/aromatic N) is 1. The fourth-order valence-corrected chi connectivity index (χ4v) is 5.73. The number of carbonyl (C=O) groups is 3. The van der Waals surface area contributed by atoms with Gasteiger partial charge in [0.1, 0.15) is 6.61 Å².